The Labute approximate surface area is 58.5 Å². The summed E-state index contributed by atoms with van der Waals surface area (Å²) in [6.45, 7) is 0. The molecule has 56 valence electrons. The molecule has 0 saturated heterocycles. The van der Waals surface area contributed by atoms with E-state index in [1.54, 1.807) is 19.1 Å². The summed E-state index contributed by atoms with van der Waals surface area (Å²) < 4.78 is 12.4. The number of hydrogen-bond acceptors (Lipinski definition) is 4. The Morgan fingerprint density at radius 3 is 2.80 bits per heavy atom. The lowest BCUT2D eigenvalue weighted by Crippen LogP contribution is -2.43. The summed E-state index contributed by atoms with van der Waals surface area (Å²) in [6, 6.07) is 0. The normalized spacial score (nSPS) is 17.2. The van der Waals surface area contributed by atoms with E-state index in [1.807, 2.05) is 0 Å². The van der Waals surface area contributed by atoms with Crippen molar-refractivity contribution in [2.24, 2.45) is 5.10 Å². The molecule has 0 aliphatic carbocycles. The Morgan fingerprint density at radius 1 is 1.70 bits per heavy atom. The lowest BCUT2D eigenvalue weighted by Gasteiger charge is -2.26. The molecule has 0 atom stereocenters. The van der Waals surface area contributed by atoms with E-state index in [0.717, 1.165) is 0 Å². The highest BCUT2D eigenvalue weighted by atomic mass is 19.1. The zero-order valence-corrected chi connectivity index (χ0v) is 5.87. The number of hydrogen-bond donors (Lipinski definition) is 1. The smallest absolute Gasteiger partial charge is 0.209 e. The molecule has 10 heavy (non-hydrogen) atoms. The summed E-state index contributed by atoms with van der Waals surface area (Å²) in [6.07, 6.45) is 2.63. The third-order valence-electron chi connectivity index (χ3n) is 0.983. The molecule has 1 aliphatic heterocycles. The van der Waals surface area contributed by atoms with E-state index in [1.165, 1.54) is 17.5 Å². The van der Waals surface area contributed by atoms with E-state index in [9.17, 15) is 4.39 Å². The van der Waals surface area contributed by atoms with Crippen LogP contribution in [0.15, 0.2) is 17.1 Å². The minimum absolute atomic E-state index is 0.413. The molecule has 0 aromatic carbocycles. The molecule has 0 saturated carbocycles. The van der Waals surface area contributed by atoms with Crippen molar-refractivity contribution in [3.63, 3.8) is 0 Å². The Kier molecular flexibility index (Phi) is 1.86. The third-order valence-corrected chi connectivity index (χ3v) is 0.983. The van der Waals surface area contributed by atoms with Crippen LogP contribution in [0.25, 0.3) is 0 Å². The van der Waals surface area contributed by atoms with Gasteiger partial charge in [0.05, 0.1) is 6.21 Å². The van der Waals surface area contributed by atoms with Gasteiger partial charge in [0.25, 0.3) is 0 Å². The standard InChI is InChI=1S/C5H9FN4/c1-9(2)10-7-4-3-5(6)8-10/h3-4,8H,1-2H3. The predicted octanol–water partition coefficient (Wildman–Crippen LogP) is 0.0799. The molecule has 0 bridgehead atoms. The average Bonchev–Trinajstić information content (AvgIpc) is 1.88. The molecule has 1 rings (SSSR count). The van der Waals surface area contributed by atoms with E-state index in [4.69, 9.17) is 0 Å². The summed E-state index contributed by atoms with van der Waals surface area (Å²) in [7, 11) is 3.51. The van der Waals surface area contributed by atoms with Crippen molar-refractivity contribution in [2.45, 2.75) is 0 Å². The second kappa shape index (κ2) is 2.66. The van der Waals surface area contributed by atoms with Crippen LogP contribution >= 0.6 is 0 Å². The summed E-state index contributed by atoms with van der Waals surface area (Å²) in [5.41, 5.74) is 2.37. The van der Waals surface area contributed by atoms with E-state index < -0.39 is 5.95 Å². The van der Waals surface area contributed by atoms with Crippen molar-refractivity contribution in [1.29, 1.82) is 0 Å². The first-order valence-electron chi connectivity index (χ1n) is 2.84. The fourth-order valence-electron chi connectivity index (χ4n) is 0.527. The van der Waals surface area contributed by atoms with Gasteiger partial charge in [-0.05, 0) is 0 Å². The van der Waals surface area contributed by atoms with Crippen LogP contribution in [0.1, 0.15) is 0 Å². The van der Waals surface area contributed by atoms with Crippen LogP contribution in [-0.4, -0.2) is 30.5 Å². The van der Waals surface area contributed by atoms with Crippen molar-refractivity contribution >= 4 is 6.21 Å². The van der Waals surface area contributed by atoms with Crippen LogP contribution < -0.4 is 5.43 Å². The molecule has 0 spiro atoms. The van der Waals surface area contributed by atoms with E-state index in [-0.39, 0.29) is 0 Å². The van der Waals surface area contributed by atoms with Crippen molar-refractivity contribution in [3.05, 3.63) is 12.0 Å². The number of nitrogens with one attached hydrogen (secondary N) is 1. The molecule has 1 heterocycles. The molecular weight excluding hydrogens is 135 g/mol. The molecule has 0 amide bonds. The number of rotatable bonds is 1. The van der Waals surface area contributed by atoms with Gasteiger partial charge >= 0.3 is 0 Å². The molecule has 0 radical (unpaired) electrons. The van der Waals surface area contributed by atoms with Crippen molar-refractivity contribution in [3.8, 4) is 0 Å². The van der Waals surface area contributed by atoms with Gasteiger partial charge in [-0.3, -0.25) is 0 Å². The monoisotopic (exact) mass is 144 g/mol. The highest BCUT2D eigenvalue weighted by Crippen LogP contribution is 1.98. The number of hydrazone groups is 1. The average molecular weight is 144 g/mol. The van der Waals surface area contributed by atoms with Crippen LogP contribution in [0.5, 0.6) is 0 Å². The van der Waals surface area contributed by atoms with Crippen LogP contribution in [0.3, 0.4) is 0 Å². The van der Waals surface area contributed by atoms with Gasteiger partial charge in [-0.25, -0.2) is 5.43 Å². The largest absolute Gasteiger partial charge is 0.242 e. The Balaban J connectivity index is 2.55. The van der Waals surface area contributed by atoms with Gasteiger partial charge in [0.1, 0.15) is 0 Å². The van der Waals surface area contributed by atoms with Gasteiger partial charge < -0.3 is 0 Å². The highest BCUT2D eigenvalue weighted by Gasteiger charge is 2.06. The van der Waals surface area contributed by atoms with Crippen molar-refractivity contribution in [2.75, 3.05) is 14.1 Å². The lowest BCUT2D eigenvalue weighted by molar-refractivity contribution is -0.0230. The number of halogens is 1. The molecule has 0 aromatic rings. The van der Waals surface area contributed by atoms with Crippen molar-refractivity contribution < 1.29 is 4.39 Å². The summed E-state index contributed by atoms with van der Waals surface area (Å²) in [5.74, 6) is -0.413. The van der Waals surface area contributed by atoms with Crippen LogP contribution in [0, 0.1) is 0 Å². The molecule has 4 nitrogen and oxygen atoms in total. The molecule has 0 aromatic heterocycles. The summed E-state index contributed by atoms with van der Waals surface area (Å²) in [4.78, 5) is 0. The van der Waals surface area contributed by atoms with E-state index in [2.05, 4.69) is 10.5 Å². The molecule has 0 fully saturated rings. The quantitative estimate of drug-likeness (QED) is 0.529. The molecule has 1 N–H and O–H groups in total. The van der Waals surface area contributed by atoms with Gasteiger partial charge in [-0.2, -0.15) is 9.40 Å². The van der Waals surface area contributed by atoms with Crippen LogP contribution in [-0.2, 0) is 0 Å². The minimum Gasteiger partial charge on any atom is -0.242 e. The highest BCUT2D eigenvalue weighted by molar-refractivity contribution is 5.71. The van der Waals surface area contributed by atoms with E-state index >= 15 is 0 Å². The molecular formula is C5H9FN4. The van der Waals surface area contributed by atoms with Crippen LogP contribution in [0.4, 0.5) is 4.39 Å². The number of hydrazine groups is 2. The van der Waals surface area contributed by atoms with Gasteiger partial charge in [0.2, 0.25) is 5.95 Å². The second-order valence-electron chi connectivity index (χ2n) is 2.03. The molecule has 5 heteroatoms. The summed E-state index contributed by atoms with van der Waals surface area (Å²) in [5, 5.41) is 6.69. The fraction of sp³-hybridized carbons (Fsp3) is 0.400. The Morgan fingerprint density at radius 2 is 2.40 bits per heavy atom. The SMILES string of the molecule is CN(C)N1N=CC=C(F)N1. The first-order valence-corrected chi connectivity index (χ1v) is 2.84. The Hall–Kier alpha value is -1.10. The molecule has 0 unspecified atom stereocenters. The maximum absolute atomic E-state index is 12.4. The number of nitrogens with zero attached hydrogens (tertiary/aromatic N) is 3. The minimum atomic E-state index is -0.413. The second-order valence-corrected chi connectivity index (χ2v) is 2.03. The predicted molar refractivity (Wildman–Crippen MR) is 36.3 cm³/mol. The van der Waals surface area contributed by atoms with Gasteiger partial charge in [-0.15, -0.1) is 10.3 Å². The maximum atomic E-state index is 12.4. The van der Waals surface area contributed by atoms with E-state index in [0.29, 0.717) is 0 Å². The van der Waals surface area contributed by atoms with Gasteiger partial charge in [-0.1, -0.05) is 0 Å². The first-order chi connectivity index (χ1) is 4.70. The topological polar surface area (TPSA) is 30.9 Å². The number of allylic oxidation sites excluding steroid dienone is 1. The van der Waals surface area contributed by atoms with Crippen molar-refractivity contribution in [1.82, 2.24) is 15.7 Å². The zero-order chi connectivity index (χ0) is 7.56. The zero-order valence-electron chi connectivity index (χ0n) is 5.87. The lowest BCUT2D eigenvalue weighted by atomic mass is 10.6. The van der Waals surface area contributed by atoms with Gasteiger partial charge in [0.15, 0.2) is 0 Å². The van der Waals surface area contributed by atoms with Crippen LogP contribution in [0.2, 0.25) is 0 Å². The first kappa shape index (κ1) is 7.01. The third kappa shape index (κ3) is 1.44. The van der Waals surface area contributed by atoms with Gasteiger partial charge in [0, 0.05) is 20.2 Å². The Bertz CT molecular complexity index is 174. The fourth-order valence-corrected chi connectivity index (χ4v) is 0.527. The maximum Gasteiger partial charge on any atom is 0.209 e. The molecule has 1 aliphatic rings. The summed E-state index contributed by atoms with van der Waals surface area (Å²) >= 11 is 0.